The zero-order valence-electron chi connectivity index (χ0n) is 10.1. The van der Waals surface area contributed by atoms with Crippen LogP contribution in [0.5, 0.6) is 0 Å². The fourth-order valence-corrected chi connectivity index (χ4v) is 3.20. The van der Waals surface area contributed by atoms with Crippen LogP contribution in [0.3, 0.4) is 0 Å². The second kappa shape index (κ2) is 3.98. The highest BCUT2D eigenvalue weighted by Gasteiger charge is 2.31. The number of benzene rings is 1. The van der Waals surface area contributed by atoms with Gasteiger partial charge in [0, 0.05) is 18.5 Å². The molecule has 1 heterocycles. The fourth-order valence-electron chi connectivity index (χ4n) is 2.32. The standard InChI is InChI=1S/C14H15BrN2/c1-9-5-3-4-6-11(9)13-12(15)14(10-7-8-10)17(2)16-13/h3-6,10H,7-8H2,1-2H3. The zero-order chi connectivity index (χ0) is 12.0. The van der Waals surface area contributed by atoms with Crippen molar-refractivity contribution in [1.82, 2.24) is 9.78 Å². The molecule has 0 spiro atoms. The summed E-state index contributed by atoms with van der Waals surface area (Å²) in [4.78, 5) is 0. The molecule has 0 unspecified atom stereocenters. The first-order chi connectivity index (χ1) is 8.18. The SMILES string of the molecule is Cc1ccccc1-c1nn(C)c(C2CC2)c1Br. The van der Waals surface area contributed by atoms with Gasteiger partial charge in [-0.05, 0) is 41.3 Å². The van der Waals surface area contributed by atoms with E-state index < -0.39 is 0 Å². The monoisotopic (exact) mass is 290 g/mol. The number of halogens is 1. The topological polar surface area (TPSA) is 17.8 Å². The van der Waals surface area contributed by atoms with Crippen LogP contribution in [0.1, 0.15) is 30.0 Å². The lowest BCUT2D eigenvalue weighted by Gasteiger charge is -2.02. The highest BCUT2D eigenvalue weighted by Crippen LogP contribution is 2.45. The van der Waals surface area contributed by atoms with Gasteiger partial charge in [0.2, 0.25) is 0 Å². The number of nitrogens with zero attached hydrogens (tertiary/aromatic N) is 2. The highest BCUT2D eigenvalue weighted by atomic mass is 79.9. The zero-order valence-corrected chi connectivity index (χ0v) is 11.7. The molecule has 0 N–H and O–H groups in total. The van der Waals surface area contributed by atoms with Crippen LogP contribution in [0.2, 0.25) is 0 Å². The molecular formula is C14H15BrN2. The predicted molar refractivity (Wildman–Crippen MR) is 73.1 cm³/mol. The first-order valence-corrected chi connectivity index (χ1v) is 6.76. The van der Waals surface area contributed by atoms with Gasteiger partial charge in [0.05, 0.1) is 10.2 Å². The van der Waals surface area contributed by atoms with Gasteiger partial charge in [-0.2, -0.15) is 5.10 Å². The van der Waals surface area contributed by atoms with Crippen molar-refractivity contribution in [3.63, 3.8) is 0 Å². The molecule has 1 aliphatic rings. The second-order valence-corrected chi connectivity index (χ2v) is 5.55. The van der Waals surface area contributed by atoms with Crippen LogP contribution in [0, 0.1) is 6.92 Å². The molecule has 0 radical (unpaired) electrons. The summed E-state index contributed by atoms with van der Waals surface area (Å²) >= 11 is 3.73. The van der Waals surface area contributed by atoms with Gasteiger partial charge < -0.3 is 0 Å². The summed E-state index contributed by atoms with van der Waals surface area (Å²) in [6, 6.07) is 8.41. The number of rotatable bonds is 2. The minimum Gasteiger partial charge on any atom is -0.271 e. The molecule has 2 nitrogen and oxygen atoms in total. The molecule has 1 aliphatic carbocycles. The first-order valence-electron chi connectivity index (χ1n) is 5.97. The van der Waals surface area contributed by atoms with E-state index in [-0.39, 0.29) is 0 Å². The quantitative estimate of drug-likeness (QED) is 0.816. The third-order valence-corrected chi connectivity index (χ3v) is 4.18. The fraction of sp³-hybridized carbons (Fsp3) is 0.357. The van der Waals surface area contributed by atoms with Crippen LogP contribution in [-0.4, -0.2) is 9.78 Å². The highest BCUT2D eigenvalue weighted by molar-refractivity contribution is 9.10. The van der Waals surface area contributed by atoms with E-state index in [1.165, 1.54) is 34.1 Å². The summed E-state index contributed by atoms with van der Waals surface area (Å²) in [6.45, 7) is 2.13. The Morgan fingerprint density at radius 2 is 2.00 bits per heavy atom. The molecule has 0 saturated heterocycles. The van der Waals surface area contributed by atoms with Crippen LogP contribution >= 0.6 is 15.9 Å². The Hall–Kier alpha value is -1.09. The van der Waals surface area contributed by atoms with Gasteiger partial charge in [0.15, 0.2) is 0 Å². The van der Waals surface area contributed by atoms with E-state index in [1.807, 2.05) is 11.7 Å². The maximum Gasteiger partial charge on any atom is 0.107 e. The second-order valence-electron chi connectivity index (χ2n) is 4.76. The summed E-state index contributed by atoms with van der Waals surface area (Å²) in [7, 11) is 2.04. The van der Waals surface area contributed by atoms with Gasteiger partial charge in [0.25, 0.3) is 0 Å². The lowest BCUT2D eigenvalue weighted by molar-refractivity contribution is 0.714. The molecule has 1 aromatic carbocycles. The minimum atomic E-state index is 0.708. The summed E-state index contributed by atoms with van der Waals surface area (Å²) in [5.74, 6) is 0.708. The first kappa shape index (κ1) is 11.0. The molecule has 1 aromatic heterocycles. The Labute approximate surface area is 110 Å². The molecule has 17 heavy (non-hydrogen) atoms. The molecule has 1 saturated carbocycles. The predicted octanol–water partition coefficient (Wildman–Crippen LogP) is 4.04. The van der Waals surface area contributed by atoms with Crippen LogP contribution < -0.4 is 0 Å². The summed E-state index contributed by atoms with van der Waals surface area (Å²) in [5.41, 5.74) is 4.92. The molecule has 2 aromatic rings. The third kappa shape index (κ3) is 1.82. The maximum absolute atomic E-state index is 4.67. The maximum atomic E-state index is 4.67. The molecule has 0 atom stereocenters. The Morgan fingerprint density at radius 1 is 1.29 bits per heavy atom. The van der Waals surface area contributed by atoms with Crippen LogP contribution in [-0.2, 0) is 7.05 Å². The third-order valence-electron chi connectivity index (χ3n) is 3.40. The summed E-state index contributed by atoms with van der Waals surface area (Å²) < 4.78 is 3.21. The normalized spacial score (nSPS) is 15.2. The Morgan fingerprint density at radius 3 is 2.65 bits per heavy atom. The van der Waals surface area contributed by atoms with Gasteiger partial charge >= 0.3 is 0 Å². The number of hydrogen-bond acceptors (Lipinski definition) is 1. The van der Waals surface area contributed by atoms with E-state index in [1.54, 1.807) is 0 Å². The number of hydrogen-bond donors (Lipinski definition) is 0. The molecule has 88 valence electrons. The summed E-state index contributed by atoms with van der Waals surface area (Å²) in [5, 5.41) is 4.67. The molecule has 3 rings (SSSR count). The van der Waals surface area contributed by atoms with E-state index in [4.69, 9.17) is 0 Å². The van der Waals surface area contributed by atoms with Gasteiger partial charge in [-0.3, -0.25) is 4.68 Å². The molecule has 3 heteroatoms. The lowest BCUT2D eigenvalue weighted by Crippen LogP contribution is -1.96. The van der Waals surface area contributed by atoms with Crippen molar-refractivity contribution in [3.05, 3.63) is 40.0 Å². The number of aryl methyl sites for hydroxylation is 2. The van der Waals surface area contributed by atoms with E-state index in [9.17, 15) is 0 Å². The number of aromatic nitrogens is 2. The van der Waals surface area contributed by atoms with Crippen LogP contribution in [0.15, 0.2) is 28.7 Å². The molecule has 0 bridgehead atoms. The average molecular weight is 291 g/mol. The van der Waals surface area contributed by atoms with E-state index >= 15 is 0 Å². The van der Waals surface area contributed by atoms with Crippen molar-refractivity contribution in [2.24, 2.45) is 7.05 Å². The van der Waals surface area contributed by atoms with Gasteiger partial charge in [0.1, 0.15) is 5.69 Å². The van der Waals surface area contributed by atoms with E-state index in [0.29, 0.717) is 5.92 Å². The van der Waals surface area contributed by atoms with Crippen LogP contribution in [0.4, 0.5) is 0 Å². The largest absolute Gasteiger partial charge is 0.271 e. The van der Waals surface area contributed by atoms with E-state index in [2.05, 4.69) is 52.2 Å². The molecule has 0 aliphatic heterocycles. The molecule has 0 amide bonds. The van der Waals surface area contributed by atoms with Gasteiger partial charge in [-0.15, -0.1) is 0 Å². The van der Waals surface area contributed by atoms with E-state index in [0.717, 1.165) is 5.69 Å². The Kier molecular flexibility index (Phi) is 2.58. The van der Waals surface area contributed by atoms with Crippen molar-refractivity contribution >= 4 is 15.9 Å². The molecular weight excluding hydrogens is 276 g/mol. The lowest BCUT2D eigenvalue weighted by atomic mass is 10.1. The summed E-state index contributed by atoms with van der Waals surface area (Å²) in [6.07, 6.45) is 2.59. The Bertz CT molecular complexity index is 568. The van der Waals surface area contributed by atoms with Gasteiger partial charge in [-0.1, -0.05) is 24.3 Å². The minimum absolute atomic E-state index is 0.708. The van der Waals surface area contributed by atoms with Crippen molar-refractivity contribution in [1.29, 1.82) is 0 Å². The average Bonchev–Trinajstić information content (AvgIpc) is 3.07. The smallest absolute Gasteiger partial charge is 0.107 e. The van der Waals surface area contributed by atoms with Gasteiger partial charge in [-0.25, -0.2) is 0 Å². The van der Waals surface area contributed by atoms with Crippen molar-refractivity contribution in [2.75, 3.05) is 0 Å². The van der Waals surface area contributed by atoms with Crippen molar-refractivity contribution in [3.8, 4) is 11.3 Å². The van der Waals surface area contributed by atoms with Crippen molar-refractivity contribution < 1.29 is 0 Å². The van der Waals surface area contributed by atoms with Crippen LogP contribution in [0.25, 0.3) is 11.3 Å². The Balaban J connectivity index is 2.16. The molecule has 1 fully saturated rings. The van der Waals surface area contributed by atoms with Crippen molar-refractivity contribution in [2.45, 2.75) is 25.7 Å².